The van der Waals surface area contributed by atoms with E-state index in [0.29, 0.717) is 0 Å². The Bertz CT molecular complexity index is 259. The fourth-order valence-corrected chi connectivity index (χ4v) is 1.35. The molecule has 0 saturated carbocycles. The summed E-state index contributed by atoms with van der Waals surface area (Å²) in [5, 5.41) is 0.262. The van der Waals surface area contributed by atoms with E-state index in [0.717, 1.165) is 0 Å². The molecule has 0 saturated heterocycles. The fourth-order valence-electron chi connectivity index (χ4n) is 0.426. The van der Waals surface area contributed by atoms with E-state index in [1.54, 1.807) is 0 Å². The zero-order valence-electron chi connectivity index (χ0n) is 4.74. The van der Waals surface area contributed by atoms with Crippen LogP contribution in [0.4, 0.5) is 0 Å². The molecule has 0 amide bonds. The molecule has 1 aromatic rings. The summed E-state index contributed by atoms with van der Waals surface area (Å²) in [6.07, 6.45) is 3.97. The Labute approximate surface area is 67.4 Å². The molecule has 0 radical (unpaired) electrons. The van der Waals surface area contributed by atoms with Crippen molar-refractivity contribution < 1.29 is 4.57 Å². The van der Waals surface area contributed by atoms with Crippen molar-refractivity contribution in [3.8, 4) is 0 Å². The van der Waals surface area contributed by atoms with Crippen molar-refractivity contribution in [2.75, 3.05) is 0 Å². The van der Waals surface area contributed by atoms with Gasteiger partial charge in [0.25, 0.3) is 5.85 Å². The number of hydrogen-bond acceptors (Lipinski definition) is 3. The summed E-state index contributed by atoms with van der Waals surface area (Å²) in [6.45, 7) is 0. The quantitative estimate of drug-likeness (QED) is 0.644. The number of nitrogens with zero attached hydrogens (tertiary/aromatic N) is 2. The van der Waals surface area contributed by atoms with Crippen LogP contribution in [-0.2, 0) is 4.57 Å². The summed E-state index contributed by atoms with van der Waals surface area (Å²) < 4.78 is 10.9. The highest BCUT2D eigenvalue weighted by Gasteiger charge is 2.16. The number of aromatic nitrogens is 2. The van der Waals surface area contributed by atoms with Gasteiger partial charge >= 0.3 is 0 Å². The molecule has 0 bridgehead atoms. The molecule has 1 aromatic heterocycles. The molecule has 0 atom stereocenters. The number of rotatable bonds is 1. The zero-order valence-corrected chi connectivity index (χ0v) is 7.14. The van der Waals surface area contributed by atoms with Crippen LogP contribution in [0, 0.1) is 0 Å². The SMILES string of the molecule is O=P(Cl)(Cl)c1cncnc1. The highest BCUT2D eigenvalue weighted by Crippen LogP contribution is 2.54. The van der Waals surface area contributed by atoms with Gasteiger partial charge in [0.2, 0.25) is 0 Å². The average Bonchev–Trinajstić information content (AvgIpc) is 1.88. The van der Waals surface area contributed by atoms with E-state index in [9.17, 15) is 4.57 Å². The maximum Gasteiger partial charge on any atom is 0.284 e. The molecule has 0 spiro atoms. The Morgan fingerprint density at radius 2 is 1.80 bits per heavy atom. The van der Waals surface area contributed by atoms with Gasteiger partial charge in [-0.2, -0.15) is 0 Å². The molecule has 0 N–H and O–H groups in total. The lowest BCUT2D eigenvalue weighted by atomic mass is 10.7. The number of hydrogen-bond donors (Lipinski definition) is 0. The molecule has 6 heteroatoms. The zero-order chi connectivity index (χ0) is 7.61. The smallest absolute Gasteiger partial charge is 0.284 e. The van der Waals surface area contributed by atoms with Gasteiger partial charge in [0.05, 0.1) is 5.30 Å². The molecule has 0 aliphatic heterocycles. The van der Waals surface area contributed by atoms with Gasteiger partial charge in [0.15, 0.2) is 0 Å². The predicted molar refractivity (Wildman–Crippen MR) is 41.0 cm³/mol. The van der Waals surface area contributed by atoms with Crippen molar-refractivity contribution in [1.82, 2.24) is 9.97 Å². The second-order valence-electron chi connectivity index (χ2n) is 1.56. The molecule has 1 heterocycles. The van der Waals surface area contributed by atoms with Crippen molar-refractivity contribution in [3.05, 3.63) is 18.7 Å². The number of halogens is 2. The van der Waals surface area contributed by atoms with Gasteiger partial charge in [-0.3, -0.25) is 4.57 Å². The maximum absolute atomic E-state index is 10.9. The van der Waals surface area contributed by atoms with Gasteiger partial charge in [0.1, 0.15) is 6.33 Å². The Kier molecular flexibility index (Phi) is 2.29. The lowest BCUT2D eigenvalue weighted by Crippen LogP contribution is -1.98. The largest absolute Gasteiger partial charge is 0.284 e. The lowest BCUT2D eigenvalue weighted by molar-refractivity contribution is 0.597. The molecule has 10 heavy (non-hydrogen) atoms. The van der Waals surface area contributed by atoms with Gasteiger partial charge in [-0.1, -0.05) is 0 Å². The van der Waals surface area contributed by atoms with E-state index in [2.05, 4.69) is 9.97 Å². The molecule has 0 aliphatic rings. The summed E-state index contributed by atoms with van der Waals surface area (Å²) in [6, 6.07) is 0. The first-order valence-corrected chi connectivity index (χ1v) is 5.87. The van der Waals surface area contributed by atoms with Gasteiger partial charge < -0.3 is 0 Å². The van der Waals surface area contributed by atoms with E-state index < -0.39 is 5.85 Å². The first-order chi connectivity index (χ1) is 4.61. The van der Waals surface area contributed by atoms with E-state index in [-0.39, 0.29) is 5.30 Å². The average molecular weight is 197 g/mol. The van der Waals surface area contributed by atoms with E-state index >= 15 is 0 Å². The van der Waals surface area contributed by atoms with Crippen LogP contribution in [0.25, 0.3) is 0 Å². The molecule has 54 valence electrons. The lowest BCUT2D eigenvalue weighted by Gasteiger charge is -1.97. The molecular weight excluding hydrogens is 194 g/mol. The third-order valence-electron chi connectivity index (χ3n) is 0.848. The molecule has 1 rings (SSSR count). The highest BCUT2D eigenvalue weighted by molar-refractivity contribution is 8.13. The van der Waals surface area contributed by atoms with Crippen LogP contribution in [-0.4, -0.2) is 9.97 Å². The van der Waals surface area contributed by atoms with Crippen LogP contribution < -0.4 is 5.30 Å². The van der Waals surface area contributed by atoms with Crippen molar-refractivity contribution >= 4 is 33.6 Å². The van der Waals surface area contributed by atoms with Gasteiger partial charge in [0, 0.05) is 12.4 Å². The molecule has 0 unspecified atom stereocenters. The predicted octanol–water partition coefficient (Wildman–Crippen LogP) is 1.77. The van der Waals surface area contributed by atoms with Crippen LogP contribution in [0.5, 0.6) is 0 Å². The standard InChI is InChI=1S/C4H3Cl2N2OP/c5-10(6,9)4-1-7-3-8-2-4/h1-3H. The molecular formula is C4H3Cl2N2OP. The summed E-state index contributed by atoms with van der Waals surface area (Å²) >= 11 is 10.6. The van der Waals surface area contributed by atoms with E-state index in [1.165, 1.54) is 18.7 Å². The summed E-state index contributed by atoms with van der Waals surface area (Å²) in [5.74, 6) is -3.20. The first-order valence-electron chi connectivity index (χ1n) is 2.35. The minimum Gasteiger partial charge on any atom is -0.284 e. The third kappa shape index (κ3) is 1.94. The molecule has 3 nitrogen and oxygen atoms in total. The van der Waals surface area contributed by atoms with Gasteiger partial charge in [-0.15, -0.1) is 0 Å². The van der Waals surface area contributed by atoms with Crippen LogP contribution in [0.15, 0.2) is 18.7 Å². The monoisotopic (exact) mass is 196 g/mol. The Morgan fingerprint density at radius 1 is 1.30 bits per heavy atom. The Morgan fingerprint density at radius 3 is 2.10 bits per heavy atom. The fraction of sp³-hybridized carbons (Fsp3) is 0. The summed E-state index contributed by atoms with van der Waals surface area (Å²) in [7, 11) is 0. The van der Waals surface area contributed by atoms with Crippen molar-refractivity contribution in [2.45, 2.75) is 0 Å². The summed E-state index contributed by atoms with van der Waals surface area (Å²) in [4.78, 5) is 7.20. The summed E-state index contributed by atoms with van der Waals surface area (Å²) in [5.41, 5.74) is 0. The second kappa shape index (κ2) is 2.87. The molecule has 0 aliphatic carbocycles. The van der Waals surface area contributed by atoms with Crippen LogP contribution in [0.2, 0.25) is 0 Å². The van der Waals surface area contributed by atoms with Gasteiger partial charge in [-0.05, 0) is 22.5 Å². The maximum atomic E-state index is 10.9. The molecule has 0 fully saturated rings. The van der Waals surface area contributed by atoms with Crippen LogP contribution in [0.1, 0.15) is 0 Å². The third-order valence-corrected chi connectivity index (χ3v) is 2.85. The molecule has 0 aromatic carbocycles. The van der Waals surface area contributed by atoms with E-state index in [1.807, 2.05) is 0 Å². The van der Waals surface area contributed by atoms with Crippen molar-refractivity contribution in [3.63, 3.8) is 0 Å². The Hall–Kier alpha value is -0.110. The van der Waals surface area contributed by atoms with Crippen molar-refractivity contribution in [1.29, 1.82) is 0 Å². The van der Waals surface area contributed by atoms with Crippen LogP contribution in [0.3, 0.4) is 0 Å². The van der Waals surface area contributed by atoms with Crippen LogP contribution >= 0.6 is 28.3 Å². The minimum atomic E-state index is -3.20. The normalized spacial score (nSPS) is 11.4. The van der Waals surface area contributed by atoms with Gasteiger partial charge in [-0.25, -0.2) is 9.97 Å². The van der Waals surface area contributed by atoms with Crippen molar-refractivity contribution in [2.24, 2.45) is 0 Å². The Balaban J connectivity index is 3.09. The van der Waals surface area contributed by atoms with E-state index in [4.69, 9.17) is 22.5 Å². The minimum absolute atomic E-state index is 0.262. The second-order valence-corrected chi connectivity index (χ2v) is 6.38. The topological polar surface area (TPSA) is 42.9 Å². The first kappa shape index (κ1) is 7.99. The highest BCUT2D eigenvalue weighted by atomic mass is 35.9.